The van der Waals surface area contributed by atoms with Crippen molar-refractivity contribution >= 4 is 5.84 Å². The van der Waals surface area contributed by atoms with Crippen molar-refractivity contribution < 1.29 is 9.94 Å². The summed E-state index contributed by atoms with van der Waals surface area (Å²) in [6.07, 6.45) is 3.45. The van der Waals surface area contributed by atoms with Gasteiger partial charge in [0.25, 0.3) is 0 Å². The monoisotopic (exact) mass is 258 g/mol. The van der Waals surface area contributed by atoms with Crippen molar-refractivity contribution in [2.24, 2.45) is 10.9 Å². The Morgan fingerprint density at radius 1 is 1.53 bits per heavy atom. The van der Waals surface area contributed by atoms with Gasteiger partial charge in [-0.2, -0.15) is 0 Å². The Morgan fingerprint density at radius 3 is 3.21 bits per heavy atom. The van der Waals surface area contributed by atoms with Crippen molar-refractivity contribution in [1.82, 2.24) is 9.55 Å². The largest absolute Gasteiger partial charge is 0.493 e. The van der Waals surface area contributed by atoms with Gasteiger partial charge in [0.05, 0.1) is 6.61 Å². The lowest BCUT2D eigenvalue weighted by molar-refractivity contribution is 0.315. The quantitative estimate of drug-likeness (QED) is 0.374. The van der Waals surface area contributed by atoms with E-state index in [1.807, 2.05) is 29.0 Å². The van der Waals surface area contributed by atoms with E-state index in [0.717, 1.165) is 5.75 Å². The number of nitrogens with two attached hydrogens (primary N) is 1. The molecule has 1 unspecified atom stereocenters. The summed E-state index contributed by atoms with van der Waals surface area (Å²) in [6, 6.07) is 7.99. The highest BCUT2D eigenvalue weighted by atomic mass is 16.5. The van der Waals surface area contributed by atoms with E-state index in [0.29, 0.717) is 19.0 Å². The second-order valence-corrected chi connectivity index (χ2v) is 4.43. The van der Waals surface area contributed by atoms with Crippen LogP contribution in [0.2, 0.25) is 0 Å². The molecular formula is C13H14N4O2. The molecule has 6 nitrogen and oxygen atoms in total. The highest BCUT2D eigenvalue weighted by molar-refractivity contribution is 5.93. The molecule has 1 atom stereocenters. The number of para-hydroxylation sites is 1. The number of fused-ring (bicyclic) bond motifs is 1. The van der Waals surface area contributed by atoms with Gasteiger partial charge in [-0.1, -0.05) is 23.4 Å². The minimum Gasteiger partial charge on any atom is -0.493 e. The van der Waals surface area contributed by atoms with E-state index in [9.17, 15) is 0 Å². The van der Waals surface area contributed by atoms with Crippen molar-refractivity contribution in [2.75, 3.05) is 6.61 Å². The molecule has 0 saturated heterocycles. The molecule has 0 fully saturated rings. The molecule has 19 heavy (non-hydrogen) atoms. The number of amidine groups is 1. The lowest BCUT2D eigenvalue weighted by Gasteiger charge is -2.12. The Hall–Kier alpha value is -2.50. The maximum Gasteiger partial charge on any atom is 0.206 e. The molecule has 2 aromatic rings. The highest BCUT2D eigenvalue weighted by Gasteiger charge is 2.24. The first kappa shape index (κ1) is 11.6. The molecule has 1 aromatic carbocycles. The third-order valence-corrected chi connectivity index (χ3v) is 3.27. The van der Waals surface area contributed by atoms with Gasteiger partial charge in [0.1, 0.15) is 5.75 Å². The van der Waals surface area contributed by atoms with E-state index in [-0.39, 0.29) is 11.8 Å². The first-order valence-corrected chi connectivity index (χ1v) is 6.00. The highest BCUT2D eigenvalue weighted by Crippen LogP contribution is 2.34. The molecule has 1 aliphatic heterocycles. The van der Waals surface area contributed by atoms with Gasteiger partial charge in [-0.15, -0.1) is 0 Å². The smallest absolute Gasteiger partial charge is 0.206 e. The Kier molecular flexibility index (Phi) is 2.83. The molecule has 2 heterocycles. The van der Waals surface area contributed by atoms with Crippen LogP contribution in [0.1, 0.15) is 17.3 Å². The second-order valence-electron chi connectivity index (χ2n) is 4.43. The van der Waals surface area contributed by atoms with Crippen LogP contribution in [0, 0.1) is 0 Å². The Bertz CT molecular complexity index is 621. The van der Waals surface area contributed by atoms with Crippen LogP contribution in [0.3, 0.4) is 0 Å². The second kappa shape index (κ2) is 4.64. The lowest BCUT2D eigenvalue weighted by atomic mass is 10.0. The van der Waals surface area contributed by atoms with Gasteiger partial charge in [-0.3, -0.25) is 0 Å². The predicted molar refractivity (Wildman–Crippen MR) is 69.4 cm³/mol. The van der Waals surface area contributed by atoms with Crippen LogP contribution in [-0.4, -0.2) is 27.2 Å². The van der Waals surface area contributed by atoms with E-state index < -0.39 is 0 Å². The molecule has 3 N–H and O–H groups in total. The summed E-state index contributed by atoms with van der Waals surface area (Å²) in [5.74, 6) is 1.65. The summed E-state index contributed by atoms with van der Waals surface area (Å²) < 4.78 is 7.51. The topological polar surface area (TPSA) is 85.7 Å². The minimum atomic E-state index is 0.0113. The zero-order chi connectivity index (χ0) is 13.2. The van der Waals surface area contributed by atoms with Gasteiger partial charge in [0.2, 0.25) is 5.84 Å². The summed E-state index contributed by atoms with van der Waals surface area (Å²) >= 11 is 0. The SMILES string of the molecule is NC(=NO)c1nccn1CC1COc2ccccc21. The Balaban J connectivity index is 1.86. The molecule has 0 spiro atoms. The van der Waals surface area contributed by atoms with E-state index in [1.54, 1.807) is 6.20 Å². The van der Waals surface area contributed by atoms with Crippen molar-refractivity contribution in [2.45, 2.75) is 12.5 Å². The number of ether oxygens (including phenoxy) is 1. The summed E-state index contributed by atoms with van der Waals surface area (Å²) in [7, 11) is 0. The molecule has 0 saturated carbocycles. The van der Waals surface area contributed by atoms with Gasteiger partial charge in [-0.25, -0.2) is 4.98 Å². The van der Waals surface area contributed by atoms with E-state index in [4.69, 9.17) is 15.7 Å². The fraction of sp³-hybridized carbons (Fsp3) is 0.231. The Labute approximate surface area is 110 Å². The third-order valence-electron chi connectivity index (χ3n) is 3.27. The molecule has 6 heteroatoms. The zero-order valence-electron chi connectivity index (χ0n) is 10.2. The van der Waals surface area contributed by atoms with Crippen LogP contribution in [0.15, 0.2) is 41.8 Å². The molecule has 0 amide bonds. The van der Waals surface area contributed by atoms with Crippen LogP contribution in [0.5, 0.6) is 5.75 Å². The fourth-order valence-electron chi connectivity index (χ4n) is 2.35. The average Bonchev–Trinajstić information content (AvgIpc) is 3.06. The predicted octanol–water partition coefficient (Wildman–Crippen LogP) is 1.15. The first-order chi connectivity index (χ1) is 9.29. The lowest BCUT2D eigenvalue weighted by Crippen LogP contribution is -2.21. The number of hydrogen-bond acceptors (Lipinski definition) is 4. The molecule has 1 aromatic heterocycles. The maximum atomic E-state index is 8.73. The summed E-state index contributed by atoms with van der Waals surface area (Å²) in [6.45, 7) is 1.32. The third kappa shape index (κ3) is 2.01. The van der Waals surface area contributed by atoms with Crippen LogP contribution in [-0.2, 0) is 6.54 Å². The number of oxime groups is 1. The minimum absolute atomic E-state index is 0.0113. The van der Waals surface area contributed by atoms with Crippen molar-refractivity contribution in [3.8, 4) is 5.75 Å². The summed E-state index contributed by atoms with van der Waals surface area (Å²) in [5, 5.41) is 11.7. The number of benzene rings is 1. The van der Waals surface area contributed by atoms with Crippen molar-refractivity contribution in [3.05, 3.63) is 48.0 Å². The molecular weight excluding hydrogens is 244 g/mol. The first-order valence-electron chi connectivity index (χ1n) is 6.00. The van der Waals surface area contributed by atoms with Crippen molar-refractivity contribution in [1.29, 1.82) is 0 Å². The number of imidazole rings is 1. The van der Waals surface area contributed by atoms with E-state index >= 15 is 0 Å². The van der Waals surface area contributed by atoms with Crippen LogP contribution < -0.4 is 10.5 Å². The molecule has 0 bridgehead atoms. The standard InChI is InChI=1S/C13H14N4O2/c14-12(16-18)13-15-5-6-17(13)7-9-8-19-11-4-2-1-3-10(9)11/h1-6,9,18H,7-8H2,(H2,14,16). The Morgan fingerprint density at radius 2 is 2.37 bits per heavy atom. The molecule has 0 aliphatic carbocycles. The van der Waals surface area contributed by atoms with Gasteiger partial charge in [0.15, 0.2) is 5.82 Å². The molecule has 98 valence electrons. The number of rotatable bonds is 3. The summed E-state index contributed by atoms with van der Waals surface area (Å²) in [4.78, 5) is 4.09. The fourth-order valence-corrected chi connectivity index (χ4v) is 2.35. The van der Waals surface area contributed by atoms with Gasteiger partial charge < -0.3 is 20.2 Å². The van der Waals surface area contributed by atoms with Gasteiger partial charge in [-0.05, 0) is 6.07 Å². The molecule has 1 aliphatic rings. The van der Waals surface area contributed by atoms with Crippen LogP contribution in [0.25, 0.3) is 0 Å². The molecule has 3 rings (SSSR count). The normalized spacial score (nSPS) is 18.1. The number of nitrogens with zero attached hydrogens (tertiary/aromatic N) is 3. The zero-order valence-corrected chi connectivity index (χ0v) is 10.2. The van der Waals surface area contributed by atoms with Gasteiger partial charge in [0, 0.05) is 30.4 Å². The van der Waals surface area contributed by atoms with Gasteiger partial charge >= 0.3 is 0 Å². The van der Waals surface area contributed by atoms with Crippen LogP contribution >= 0.6 is 0 Å². The summed E-state index contributed by atoms with van der Waals surface area (Å²) in [5.41, 5.74) is 6.78. The van der Waals surface area contributed by atoms with E-state index in [2.05, 4.69) is 16.2 Å². The average molecular weight is 258 g/mol. The molecule has 0 radical (unpaired) electrons. The number of aromatic nitrogens is 2. The maximum absolute atomic E-state index is 8.73. The van der Waals surface area contributed by atoms with E-state index in [1.165, 1.54) is 5.56 Å². The number of hydrogen-bond donors (Lipinski definition) is 2. The van der Waals surface area contributed by atoms with Crippen LogP contribution in [0.4, 0.5) is 0 Å². The van der Waals surface area contributed by atoms with Crippen molar-refractivity contribution in [3.63, 3.8) is 0 Å².